The molecule has 0 fully saturated rings. The van der Waals surface area contributed by atoms with Crippen molar-refractivity contribution in [3.05, 3.63) is 21.5 Å². The molecular formula is C11H16FIN2S. The summed E-state index contributed by atoms with van der Waals surface area (Å²) in [4.78, 5) is 0. The first-order valence-electron chi connectivity index (χ1n) is 5.04. The zero-order chi connectivity index (χ0) is 12.1. The molecule has 0 radical (unpaired) electrons. The highest BCUT2D eigenvalue weighted by molar-refractivity contribution is 14.1. The van der Waals surface area contributed by atoms with E-state index in [4.69, 9.17) is 5.73 Å². The Morgan fingerprint density at radius 3 is 2.88 bits per heavy atom. The van der Waals surface area contributed by atoms with E-state index in [0.717, 1.165) is 12.2 Å². The zero-order valence-electron chi connectivity index (χ0n) is 9.39. The van der Waals surface area contributed by atoms with Gasteiger partial charge in [-0.25, -0.2) is 4.39 Å². The Kier molecular flexibility index (Phi) is 5.68. The maximum absolute atomic E-state index is 13.4. The molecule has 0 aliphatic heterocycles. The van der Waals surface area contributed by atoms with E-state index in [9.17, 15) is 4.39 Å². The van der Waals surface area contributed by atoms with Crippen molar-refractivity contribution in [3.8, 4) is 0 Å². The molecule has 16 heavy (non-hydrogen) atoms. The fraction of sp³-hybridized carbons (Fsp3) is 0.455. The van der Waals surface area contributed by atoms with Gasteiger partial charge in [0.25, 0.3) is 0 Å². The van der Waals surface area contributed by atoms with Crippen LogP contribution in [0.25, 0.3) is 0 Å². The Balaban J connectivity index is 2.69. The average molecular weight is 354 g/mol. The summed E-state index contributed by atoms with van der Waals surface area (Å²) in [6.45, 7) is 2.07. The van der Waals surface area contributed by atoms with Crippen molar-refractivity contribution in [2.45, 2.75) is 19.4 Å². The molecule has 0 amide bonds. The van der Waals surface area contributed by atoms with E-state index in [1.165, 1.54) is 6.07 Å². The number of anilines is 2. The van der Waals surface area contributed by atoms with Crippen molar-refractivity contribution < 1.29 is 4.39 Å². The van der Waals surface area contributed by atoms with Gasteiger partial charge in [-0.2, -0.15) is 11.8 Å². The number of rotatable bonds is 5. The number of hydrogen-bond acceptors (Lipinski definition) is 3. The fourth-order valence-corrected chi connectivity index (χ4v) is 2.40. The molecule has 1 atom stereocenters. The summed E-state index contributed by atoms with van der Waals surface area (Å²) in [6, 6.07) is 3.42. The van der Waals surface area contributed by atoms with Crippen LogP contribution in [0.15, 0.2) is 12.1 Å². The maximum Gasteiger partial charge on any atom is 0.138 e. The van der Waals surface area contributed by atoms with E-state index in [1.807, 2.05) is 22.6 Å². The highest BCUT2D eigenvalue weighted by Crippen LogP contribution is 2.25. The summed E-state index contributed by atoms with van der Waals surface area (Å²) >= 11 is 3.74. The number of nitrogen functional groups attached to an aromatic ring is 1. The van der Waals surface area contributed by atoms with Crippen molar-refractivity contribution in [3.63, 3.8) is 0 Å². The highest BCUT2D eigenvalue weighted by Gasteiger charge is 2.08. The van der Waals surface area contributed by atoms with Gasteiger partial charge in [0, 0.05) is 12.1 Å². The highest BCUT2D eigenvalue weighted by atomic mass is 127. The predicted octanol–water partition coefficient (Wildman–Crippen LogP) is 3.57. The minimum atomic E-state index is -0.227. The largest absolute Gasteiger partial charge is 0.397 e. The molecule has 3 N–H and O–H groups in total. The number of benzene rings is 1. The molecule has 2 nitrogen and oxygen atoms in total. The third-order valence-electron chi connectivity index (χ3n) is 2.25. The van der Waals surface area contributed by atoms with Crippen LogP contribution in [0.3, 0.4) is 0 Å². The van der Waals surface area contributed by atoms with Gasteiger partial charge in [-0.05, 0) is 54.0 Å². The second kappa shape index (κ2) is 6.54. The number of thioether (sulfide) groups is 1. The van der Waals surface area contributed by atoms with Crippen LogP contribution in [-0.2, 0) is 0 Å². The monoisotopic (exact) mass is 354 g/mol. The van der Waals surface area contributed by atoms with Crippen molar-refractivity contribution in [1.82, 2.24) is 0 Å². The average Bonchev–Trinajstić information content (AvgIpc) is 2.23. The molecule has 90 valence electrons. The van der Waals surface area contributed by atoms with Crippen molar-refractivity contribution in [1.29, 1.82) is 0 Å². The van der Waals surface area contributed by atoms with Gasteiger partial charge in [-0.3, -0.25) is 0 Å². The molecule has 1 aromatic rings. The molecule has 1 rings (SSSR count). The molecule has 0 aliphatic carbocycles. The molecule has 0 bridgehead atoms. The number of nitrogens with one attached hydrogen (secondary N) is 1. The molecule has 0 saturated carbocycles. The van der Waals surface area contributed by atoms with Crippen molar-refractivity contribution in [2.75, 3.05) is 23.1 Å². The van der Waals surface area contributed by atoms with E-state index in [-0.39, 0.29) is 5.82 Å². The first-order valence-corrected chi connectivity index (χ1v) is 7.52. The molecule has 0 aliphatic rings. The lowest BCUT2D eigenvalue weighted by Gasteiger charge is -2.16. The van der Waals surface area contributed by atoms with Crippen LogP contribution in [-0.4, -0.2) is 18.1 Å². The summed E-state index contributed by atoms with van der Waals surface area (Å²) < 4.78 is 13.9. The molecule has 0 aromatic heterocycles. The molecule has 0 spiro atoms. The number of hydrogen-bond donors (Lipinski definition) is 2. The summed E-state index contributed by atoms with van der Waals surface area (Å²) in [7, 11) is 0. The van der Waals surface area contributed by atoms with Crippen LogP contribution < -0.4 is 11.1 Å². The molecule has 1 unspecified atom stereocenters. The summed E-state index contributed by atoms with van der Waals surface area (Å²) in [5.74, 6) is 0.857. The van der Waals surface area contributed by atoms with Crippen molar-refractivity contribution in [2.24, 2.45) is 0 Å². The van der Waals surface area contributed by atoms with E-state index >= 15 is 0 Å². The van der Waals surface area contributed by atoms with E-state index in [0.29, 0.717) is 21.0 Å². The topological polar surface area (TPSA) is 38.0 Å². The van der Waals surface area contributed by atoms with Crippen LogP contribution in [0.2, 0.25) is 0 Å². The smallest absolute Gasteiger partial charge is 0.138 e. The SMILES string of the molecule is CSCCC(C)Nc1cc(F)c(I)cc1N. The first-order chi connectivity index (χ1) is 7.54. The Morgan fingerprint density at radius 1 is 1.56 bits per heavy atom. The van der Waals surface area contributed by atoms with Gasteiger partial charge in [0.1, 0.15) is 5.82 Å². The van der Waals surface area contributed by atoms with Crippen LogP contribution in [0.5, 0.6) is 0 Å². The molecule has 0 heterocycles. The van der Waals surface area contributed by atoms with Crippen molar-refractivity contribution >= 4 is 45.7 Å². The second-order valence-electron chi connectivity index (χ2n) is 3.68. The van der Waals surface area contributed by atoms with Gasteiger partial charge in [0.15, 0.2) is 0 Å². The Bertz CT molecular complexity index is 360. The molecule has 0 saturated heterocycles. The summed E-state index contributed by atoms with van der Waals surface area (Å²) in [5.41, 5.74) is 7.11. The maximum atomic E-state index is 13.4. The third kappa shape index (κ3) is 4.01. The molecule has 5 heteroatoms. The van der Waals surface area contributed by atoms with E-state index in [2.05, 4.69) is 18.5 Å². The van der Waals surface area contributed by atoms with E-state index < -0.39 is 0 Å². The second-order valence-corrected chi connectivity index (χ2v) is 5.83. The molecule has 1 aromatic carbocycles. The fourth-order valence-electron chi connectivity index (χ4n) is 1.32. The van der Waals surface area contributed by atoms with Gasteiger partial charge in [-0.1, -0.05) is 0 Å². The predicted molar refractivity (Wildman–Crippen MR) is 79.6 cm³/mol. The lowest BCUT2D eigenvalue weighted by Crippen LogP contribution is -2.17. The Labute approximate surface area is 114 Å². The lowest BCUT2D eigenvalue weighted by molar-refractivity contribution is 0.620. The van der Waals surface area contributed by atoms with Crippen LogP contribution in [0.1, 0.15) is 13.3 Å². The quantitative estimate of drug-likeness (QED) is 0.627. The van der Waals surface area contributed by atoms with Crippen LogP contribution in [0.4, 0.5) is 15.8 Å². The standard InChI is InChI=1S/C11H16FIN2S/c1-7(3-4-16-2)15-11-5-8(12)9(13)6-10(11)14/h5-7,15H,3-4,14H2,1-2H3. The number of halogens is 2. The van der Waals surface area contributed by atoms with Gasteiger partial charge in [-0.15, -0.1) is 0 Å². The minimum Gasteiger partial charge on any atom is -0.397 e. The lowest BCUT2D eigenvalue weighted by atomic mass is 10.2. The summed E-state index contributed by atoms with van der Waals surface area (Å²) in [6.07, 6.45) is 3.11. The zero-order valence-corrected chi connectivity index (χ0v) is 12.4. The normalized spacial score (nSPS) is 12.5. The first kappa shape index (κ1) is 13.9. The van der Waals surface area contributed by atoms with E-state index in [1.54, 1.807) is 17.8 Å². The van der Waals surface area contributed by atoms with Gasteiger partial charge in [0.05, 0.1) is 14.9 Å². The molecular weight excluding hydrogens is 338 g/mol. The van der Waals surface area contributed by atoms with Crippen LogP contribution >= 0.6 is 34.4 Å². The van der Waals surface area contributed by atoms with Gasteiger partial charge >= 0.3 is 0 Å². The minimum absolute atomic E-state index is 0.227. The summed E-state index contributed by atoms with van der Waals surface area (Å²) in [5, 5.41) is 3.23. The van der Waals surface area contributed by atoms with Gasteiger partial charge in [0.2, 0.25) is 0 Å². The number of nitrogens with two attached hydrogens (primary N) is 1. The van der Waals surface area contributed by atoms with Gasteiger partial charge < -0.3 is 11.1 Å². The Morgan fingerprint density at radius 2 is 2.25 bits per heavy atom. The Hall–Kier alpha value is -0.170. The van der Waals surface area contributed by atoms with Crippen LogP contribution in [0, 0.1) is 9.39 Å². The third-order valence-corrected chi connectivity index (χ3v) is 3.72.